The van der Waals surface area contributed by atoms with Gasteiger partial charge in [0.05, 0.1) is 12.0 Å². The van der Waals surface area contributed by atoms with Crippen molar-refractivity contribution >= 4 is 5.97 Å². The van der Waals surface area contributed by atoms with Crippen LogP contribution in [0.5, 0.6) is 0 Å². The number of carboxylic acids is 1. The van der Waals surface area contributed by atoms with Crippen LogP contribution in [-0.4, -0.2) is 23.8 Å². The van der Waals surface area contributed by atoms with Gasteiger partial charge in [-0.3, -0.25) is 4.79 Å². The van der Waals surface area contributed by atoms with Gasteiger partial charge in [0.25, 0.3) is 0 Å². The summed E-state index contributed by atoms with van der Waals surface area (Å²) in [6, 6.07) is 0. The highest BCUT2D eigenvalue weighted by Crippen LogP contribution is 2.25. The molecule has 1 saturated heterocycles. The minimum Gasteiger partial charge on any atom is -0.481 e. The van der Waals surface area contributed by atoms with Crippen LogP contribution in [0.4, 0.5) is 0 Å². The molecule has 0 bridgehead atoms. The number of ether oxygens (including phenoxy) is 1. The van der Waals surface area contributed by atoms with E-state index in [9.17, 15) is 4.79 Å². The Bertz CT molecular complexity index is 179. The predicted molar refractivity (Wildman–Crippen MR) is 54.2 cm³/mol. The molecular formula is C11H20O3. The van der Waals surface area contributed by atoms with Crippen molar-refractivity contribution in [2.75, 3.05) is 6.61 Å². The van der Waals surface area contributed by atoms with Crippen LogP contribution in [0.15, 0.2) is 0 Å². The molecule has 3 heteroatoms. The summed E-state index contributed by atoms with van der Waals surface area (Å²) in [6.07, 6.45) is 5.98. The lowest BCUT2D eigenvalue weighted by atomic mass is 9.91. The van der Waals surface area contributed by atoms with Crippen molar-refractivity contribution in [3.63, 3.8) is 0 Å². The van der Waals surface area contributed by atoms with E-state index in [0.717, 1.165) is 32.3 Å². The van der Waals surface area contributed by atoms with Gasteiger partial charge < -0.3 is 9.84 Å². The highest BCUT2D eigenvalue weighted by molar-refractivity contribution is 5.70. The molecule has 1 fully saturated rings. The maximum absolute atomic E-state index is 10.9. The number of carbonyl (C=O) groups is 1. The second kappa shape index (κ2) is 6.02. The molecule has 0 aromatic carbocycles. The third kappa shape index (κ3) is 3.29. The van der Waals surface area contributed by atoms with E-state index in [1.165, 1.54) is 12.8 Å². The number of carboxylic acid groups (broad SMARTS) is 1. The van der Waals surface area contributed by atoms with Crippen LogP contribution >= 0.6 is 0 Å². The maximum atomic E-state index is 10.9. The van der Waals surface area contributed by atoms with Gasteiger partial charge in [0, 0.05) is 6.61 Å². The largest absolute Gasteiger partial charge is 0.481 e. The molecule has 0 aromatic rings. The maximum Gasteiger partial charge on any atom is 0.309 e. The minimum absolute atomic E-state index is 0.0344. The summed E-state index contributed by atoms with van der Waals surface area (Å²) in [5.74, 6) is -0.952. The molecule has 1 heterocycles. The van der Waals surface area contributed by atoms with Crippen LogP contribution in [0.25, 0.3) is 0 Å². The quantitative estimate of drug-likeness (QED) is 0.693. The van der Waals surface area contributed by atoms with Crippen LogP contribution in [0.1, 0.15) is 45.4 Å². The normalized spacial score (nSPS) is 27.5. The van der Waals surface area contributed by atoms with Crippen LogP contribution in [0.2, 0.25) is 0 Å². The molecule has 1 N–H and O–H groups in total. The van der Waals surface area contributed by atoms with Crippen molar-refractivity contribution in [3.8, 4) is 0 Å². The average molecular weight is 200 g/mol. The van der Waals surface area contributed by atoms with E-state index < -0.39 is 5.97 Å². The number of aliphatic carboxylic acids is 1. The average Bonchev–Trinajstić information content (AvgIpc) is 2.19. The summed E-state index contributed by atoms with van der Waals surface area (Å²) in [4.78, 5) is 10.9. The molecule has 14 heavy (non-hydrogen) atoms. The molecule has 2 atom stereocenters. The first kappa shape index (κ1) is 11.5. The van der Waals surface area contributed by atoms with Crippen molar-refractivity contribution in [1.82, 2.24) is 0 Å². The monoisotopic (exact) mass is 200 g/mol. The molecule has 0 amide bonds. The van der Waals surface area contributed by atoms with Gasteiger partial charge in [-0.25, -0.2) is 0 Å². The van der Waals surface area contributed by atoms with E-state index in [2.05, 4.69) is 6.92 Å². The summed E-state index contributed by atoms with van der Waals surface area (Å²) in [5.41, 5.74) is 0. The Morgan fingerprint density at radius 1 is 1.50 bits per heavy atom. The fourth-order valence-electron chi connectivity index (χ4n) is 2.00. The topological polar surface area (TPSA) is 46.5 Å². The molecule has 1 aliphatic heterocycles. The van der Waals surface area contributed by atoms with E-state index in [1.54, 1.807) is 0 Å². The molecular weight excluding hydrogens is 180 g/mol. The smallest absolute Gasteiger partial charge is 0.309 e. The molecule has 1 aliphatic rings. The van der Waals surface area contributed by atoms with Crippen LogP contribution in [-0.2, 0) is 9.53 Å². The van der Waals surface area contributed by atoms with E-state index in [1.807, 2.05) is 0 Å². The minimum atomic E-state index is -0.689. The fraction of sp³-hybridized carbons (Fsp3) is 0.909. The number of hydrogen-bond donors (Lipinski definition) is 1. The third-order valence-electron chi connectivity index (χ3n) is 2.85. The number of unbranched alkanes of at least 4 members (excludes halogenated alkanes) is 2. The lowest BCUT2D eigenvalue weighted by Gasteiger charge is -2.28. The molecule has 2 unspecified atom stereocenters. The van der Waals surface area contributed by atoms with Crippen molar-refractivity contribution in [2.45, 2.75) is 51.6 Å². The molecule has 1 rings (SSSR count). The second-order valence-corrected chi connectivity index (χ2v) is 3.99. The fourth-order valence-corrected chi connectivity index (χ4v) is 2.00. The van der Waals surface area contributed by atoms with Gasteiger partial charge in [-0.2, -0.15) is 0 Å². The first-order valence-electron chi connectivity index (χ1n) is 5.60. The van der Waals surface area contributed by atoms with E-state index >= 15 is 0 Å². The summed E-state index contributed by atoms with van der Waals surface area (Å²) in [5, 5.41) is 8.99. The Balaban J connectivity index is 2.34. The molecule has 0 aromatic heterocycles. The Labute approximate surface area is 85.5 Å². The summed E-state index contributed by atoms with van der Waals surface area (Å²) >= 11 is 0. The SMILES string of the molecule is CCCCCC1OCCCC1C(=O)O. The highest BCUT2D eigenvalue weighted by atomic mass is 16.5. The van der Waals surface area contributed by atoms with Gasteiger partial charge in [0.15, 0.2) is 0 Å². The van der Waals surface area contributed by atoms with Crippen molar-refractivity contribution in [1.29, 1.82) is 0 Å². The predicted octanol–water partition coefficient (Wildman–Crippen LogP) is 2.45. The lowest BCUT2D eigenvalue weighted by molar-refractivity contribution is -0.151. The molecule has 0 radical (unpaired) electrons. The van der Waals surface area contributed by atoms with E-state index in [-0.39, 0.29) is 12.0 Å². The Morgan fingerprint density at radius 2 is 2.29 bits per heavy atom. The second-order valence-electron chi connectivity index (χ2n) is 3.99. The van der Waals surface area contributed by atoms with Crippen molar-refractivity contribution < 1.29 is 14.6 Å². The number of hydrogen-bond acceptors (Lipinski definition) is 2. The first-order chi connectivity index (χ1) is 6.75. The zero-order valence-electron chi connectivity index (χ0n) is 8.87. The summed E-state index contributed by atoms with van der Waals surface area (Å²) < 4.78 is 5.52. The molecule has 3 nitrogen and oxygen atoms in total. The van der Waals surface area contributed by atoms with Gasteiger partial charge >= 0.3 is 5.97 Å². The van der Waals surface area contributed by atoms with E-state index in [4.69, 9.17) is 9.84 Å². The van der Waals surface area contributed by atoms with Crippen LogP contribution in [0.3, 0.4) is 0 Å². The Hall–Kier alpha value is -0.570. The van der Waals surface area contributed by atoms with Crippen molar-refractivity contribution in [3.05, 3.63) is 0 Å². The van der Waals surface area contributed by atoms with Crippen LogP contribution in [0, 0.1) is 5.92 Å². The summed E-state index contributed by atoms with van der Waals surface area (Å²) in [6.45, 7) is 2.89. The van der Waals surface area contributed by atoms with Gasteiger partial charge in [0.1, 0.15) is 0 Å². The summed E-state index contributed by atoms with van der Waals surface area (Å²) in [7, 11) is 0. The molecule has 82 valence electrons. The van der Waals surface area contributed by atoms with Gasteiger partial charge in [0.2, 0.25) is 0 Å². The highest BCUT2D eigenvalue weighted by Gasteiger charge is 2.30. The van der Waals surface area contributed by atoms with Crippen LogP contribution < -0.4 is 0 Å². The standard InChI is InChI=1S/C11H20O3/c1-2-3-4-7-10-9(11(12)13)6-5-8-14-10/h9-10H,2-8H2,1H3,(H,12,13). The van der Waals surface area contributed by atoms with Gasteiger partial charge in [-0.05, 0) is 19.3 Å². The molecule has 0 saturated carbocycles. The zero-order valence-corrected chi connectivity index (χ0v) is 8.87. The first-order valence-corrected chi connectivity index (χ1v) is 5.60. The van der Waals surface area contributed by atoms with Crippen molar-refractivity contribution in [2.24, 2.45) is 5.92 Å². The zero-order chi connectivity index (χ0) is 10.4. The molecule has 0 spiro atoms. The van der Waals surface area contributed by atoms with Gasteiger partial charge in [-0.15, -0.1) is 0 Å². The lowest BCUT2D eigenvalue weighted by Crippen LogP contribution is -2.34. The molecule has 0 aliphatic carbocycles. The van der Waals surface area contributed by atoms with E-state index in [0.29, 0.717) is 0 Å². The Morgan fingerprint density at radius 3 is 2.93 bits per heavy atom. The third-order valence-corrected chi connectivity index (χ3v) is 2.85. The number of rotatable bonds is 5. The Kier molecular flexibility index (Phi) is 4.94. The van der Waals surface area contributed by atoms with Gasteiger partial charge in [-0.1, -0.05) is 26.2 Å².